The summed E-state index contributed by atoms with van der Waals surface area (Å²) >= 11 is 0. The molecule has 0 spiro atoms. The monoisotopic (exact) mass is 376 g/mol. The van der Waals surface area contributed by atoms with Crippen molar-refractivity contribution in [1.82, 2.24) is 0 Å². The number of nitrogens with one attached hydrogen (secondary N) is 2. The number of rotatable bonds is 6. The predicted molar refractivity (Wildman–Crippen MR) is 108 cm³/mol. The predicted octanol–water partition coefficient (Wildman–Crippen LogP) is 4.70. The zero-order valence-corrected chi connectivity index (χ0v) is 15.6. The standard InChI is InChI=1S/C22H20N2O4/c1-15(25)23-20-14-17(10-13-21(20)27-2)24-22(26)16-8-11-19(12-9-16)28-18-6-4-3-5-7-18/h3-14H,1-2H3,(H,23,25)(H,24,26). The van der Waals surface area contributed by atoms with Crippen LogP contribution in [-0.2, 0) is 4.79 Å². The van der Waals surface area contributed by atoms with Crippen LogP contribution in [0, 0.1) is 0 Å². The van der Waals surface area contributed by atoms with E-state index < -0.39 is 0 Å². The van der Waals surface area contributed by atoms with E-state index in [4.69, 9.17) is 9.47 Å². The van der Waals surface area contributed by atoms with Gasteiger partial charge in [-0.1, -0.05) is 18.2 Å². The zero-order valence-electron chi connectivity index (χ0n) is 15.6. The summed E-state index contributed by atoms with van der Waals surface area (Å²) in [5, 5.41) is 5.48. The molecule has 3 aromatic carbocycles. The van der Waals surface area contributed by atoms with Gasteiger partial charge in [0.15, 0.2) is 0 Å². The summed E-state index contributed by atoms with van der Waals surface area (Å²) in [4.78, 5) is 23.8. The molecule has 0 saturated carbocycles. The molecule has 0 aliphatic heterocycles. The average Bonchev–Trinajstić information content (AvgIpc) is 2.69. The van der Waals surface area contributed by atoms with Gasteiger partial charge in [0.2, 0.25) is 5.91 Å². The minimum Gasteiger partial charge on any atom is -0.495 e. The molecule has 0 fully saturated rings. The molecule has 0 aliphatic rings. The van der Waals surface area contributed by atoms with Gasteiger partial charge in [0.25, 0.3) is 5.91 Å². The fraction of sp³-hybridized carbons (Fsp3) is 0.0909. The SMILES string of the molecule is COc1ccc(NC(=O)c2ccc(Oc3ccccc3)cc2)cc1NC(C)=O. The lowest BCUT2D eigenvalue weighted by atomic mass is 10.2. The number of carbonyl (C=O) groups is 2. The fourth-order valence-corrected chi connectivity index (χ4v) is 2.58. The summed E-state index contributed by atoms with van der Waals surface area (Å²) < 4.78 is 10.9. The van der Waals surface area contributed by atoms with E-state index in [1.807, 2.05) is 30.3 Å². The molecule has 3 rings (SSSR count). The first-order chi connectivity index (χ1) is 13.5. The van der Waals surface area contributed by atoms with Crippen molar-refractivity contribution < 1.29 is 19.1 Å². The molecule has 0 saturated heterocycles. The Kier molecular flexibility index (Phi) is 5.91. The van der Waals surface area contributed by atoms with E-state index in [1.165, 1.54) is 14.0 Å². The molecule has 0 radical (unpaired) electrons. The Hall–Kier alpha value is -3.80. The topological polar surface area (TPSA) is 76.7 Å². The van der Waals surface area contributed by atoms with E-state index in [1.54, 1.807) is 42.5 Å². The lowest BCUT2D eigenvalue weighted by molar-refractivity contribution is -0.114. The minimum atomic E-state index is -0.273. The molecule has 0 atom stereocenters. The second-order valence-electron chi connectivity index (χ2n) is 5.99. The molecular weight excluding hydrogens is 356 g/mol. The summed E-state index contributed by atoms with van der Waals surface area (Å²) in [6, 6.07) is 21.3. The molecule has 28 heavy (non-hydrogen) atoms. The number of ether oxygens (including phenoxy) is 2. The van der Waals surface area contributed by atoms with Gasteiger partial charge >= 0.3 is 0 Å². The Morgan fingerprint density at radius 3 is 2.14 bits per heavy atom. The third-order valence-corrected chi connectivity index (χ3v) is 3.86. The van der Waals surface area contributed by atoms with Gasteiger partial charge in [-0.2, -0.15) is 0 Å². The van der Waals surface area contributed by atoms with Crippen LogP contribution in [0.15, 0.2) is 72.8 Å². The maximum Gasteiger partial charge on any atom is 0.255 e. The van der Waals surface area contributed by atoms with Gasteiger partial charge in [0.1, 0.15) is 17.2 Å². The van der Waals surface area contributed by atoms with Crippen molar-refractivity contribution >= 4 is 23.2 Å². The van der Waals surface area contributed by atoms with Crippen molar-refractivity contribution in [3.63, 3.8) is 0 Å². The Labute approximate surface area is 163 Å². The second kappa shape index (κ2) is 8.73. The Morgan fingerprint density at radius 1 is 0.821 bits per heavy atom. The summed E-state index contributed by atoms with van der Waals surface area (Å²) in [5.41, 5.74) is 1.51. The van der Waals surface area contributed by atoms with Crippen molar-refractivity contribution in [1.29, 1.82) is 0 Å². The summed E-state index contributed by atoms with van der Waals surface area (Å²) in [5.74, 6) is 1.38. The molecular formula is C22H20N2O4. The molecule has 2 N–H and O–H groups in total. The van der Waals surface area contributed by atoms with Crippen molar-refractivity contribution in [3.8, 4) is 17.2 Å². The van der Waals surface area contributed by atoms with Gasteiger partial charge in [-0.3, -0.25) is 9.59 Å². The number of methoxy groups -OCH3 is 1. The van der Waals surface area contributed by atoms with E-state index in [9.17, 15) is 9.59 Å². The first-order valence-corrected chi connectivity index (χ1v) is 8.65. The van der Waals surface area contributed by atoms with E-state index >= 15 is 0 Å². The van der Waals surface area contributed by atoms with Gasteiger partial charge in [-0.05, 0) is 54.6 Å². The van der Waals surface area contributed by atoms with Gasteiger partial charge in [-0.15, -0.1) is 0 Å². The summed E-state index contributed by atoms with van der Waals surface area (Å²) in [6.07, 6.45) is 0. The van der Waals surface area contributed by atoms with E-state index in [-0.39, 0.29) is 11.8 Å². The zero-order chi connectivity index (χ0) is 19.9. The smallest absolute Gasteiger partial charge is 0.255 e. The van der Waals surface area contributed by atoms with Crippen LogP contribution < -0.4 is 20.1 Å². The lowest BCUT2D eigenvalue weighted by Crippen LogP contribution is -2.13. The van der Waals surface area contributed by atoms with Crippen molar-refractivity contribution in [2.24, 2.45) is 0 Å². The normalized spacial score (nSPS) is 10.1. The number of hydrogen-bond donors (Lipinski definition) is 2. The Bertz CT molecular complexity index is 970. The molecule has 6 heteroatoms. The highest BCUT2D eigenvalue weighted by atomic mass is 16.5. The number of amides is 2. The Balaban J connectivity index is 1.70. The highest BCUT2D eigenvalue weighted by Crippen LogP contribution is 2.28. The first-order valence-electron chi connectivity index (χ1n) is 8.65. The number of para-hydroxylation sites is 1. The fourth-order valence-electron chi connectivity index (χ4n) is 2.58. The third-order valence-electron chi connectivity index (χ3n) is 3.86. The molecule has 3 aromatic rings. The van der Waals surface area contributed by atoms with Crippen molar-refractivity contribution in [2.45, 2.75) is 6.92 Å². The van der Waals surface area contributed by atoms with Crippen LogP contribution in [0.4, 0.5) is 11.4 Å². The van der Waals surface area contributed by atoms with E-state index in [0.29, 0.717) is 28.4 Å². The van der Waals surface area contributed by atoms with Gasteiger partial charge in [0, 0.05) is 18.2 Å². The third kappa shape index (κ3) is 4.88. The highest BCUT2D eigenvalue weighted by Gasteiger charge is 2.10. The molecule has 0 aromatic heterocycles. The molecule has 0 bridgehead atoms. The highest BCUT2D eigenvalue weighted by molar-refractivity contribution is 6.05. The minimum absolute atomic E-state index is 0.226. The largest absolute Gasteiger partial charge is 0.495 e. The molecule has 2 amide bonds. The quantitative estimate of drug-likeness (QED) is 0.654. The average molecular weight is 376 g/mol. The van der Waals surface area contributed by atoms with E-state index in [0.717, 1.165) is 5.75 Å². The number of benzene rings is 3. The molecule has 6 nitrogen and oxygen atoms in total. The Morgan fingerprint density at radius 2 is 1.50 bits per heavy atom. The van der Waals surface area contributed by atoms with Gasteiger partial charge in [0.05, 0.1) is 12.8 Å². The molecule has 142 valence electrons. The first kappa shape index (κ1) is 19.0. The second-order valence-corrected chi connectivity index (χ2v) is 5.99. The van der Waals surface area contributed by atoms with Crippen LogP contribution in [0.25, 0.3) is 0 Å². The van der Waals surface area contributed by atoms with Crippen LogP contribution in [0.5, 0.6) is 17.2 Å². The van der Waals surface area contributed by atoms with Crippen LogP contribution in [0.3, 0.4) is 0 Å². The van der Waals surface area contributed by atoms with Crippen LogP contribution in [0.2, 0.25) is 0 Å². The number of carbonyl (C=O) groups excluding carboxylic acids is 2. The maximum atomic E-state index is 12.5. The number of anilines is 2. The van der Waals surface area contributed by atoms with Crippen molar-refractivity contribution in [2.75, 3.05) is 17.7 Å². The number of hydrogen-bond acceptors (Lipinski definition) is 4. The van der Waals surface area contributed by atoms with Gasteiger partial charge in [-0.25, -0.2) is 0 Å². The summed E-state index contributed by atoms with van der Waals surface area (Å²) in [7, 11) is 1.51. The van der Waals surface area contributed by atoms with Crippen LogP contribution >= 0.6 is 0 Å². The molecule has 0 heterocycles. The lowest BCUT2D eigenvalue weighted by Gasteiger charge is -2.12. The van der Waals surface area contributed by atoms with Gasteiger partial charge < -0.3 is 20.1 Å². The van der Waals surface area contributed by atoms with Crippen LogP contribution in [0.1, 0.15) is 17.3 Å². The van der Waals surface area contributed by atoms with Crippen molar-refractivity contribution in [3.05, 3.63) is 78.4 Å². The molecule has 0 unspecified atom stereocenters. The van der Waals surface area contributed by atoms with E-state index in [2.05, 4.69) is 10.6 Å². The summed E-state index contributed by atoms with van der Waals surface area (Å²) in [6.45, 7) is 1.41. The molecule has 0 aliphatic carbocycles. The van der Waals surface area contributed by atoms with Crippen LogP contribution in [-0.4, -0.2) is 18.9 Å². The maximum absolute atomic E-state index is 12.5.